The van der Waals surface area contributed by atoms with Gasteiger partial charge in [-0.3, -0.25) is 10.1 Å². The minimum Gasteiger partial charge on any atom is -0.258 e. The summed E-state index contributed by atoms with van der Waals surface area (Å²) in [7, 11) is -3.99. The molecule has 0 fully saturated rings. The monoisotopic (exact) mass is 331 g/mol. The lowest BCUT2D eigenvalue weighted by molar-refractivity contribution is -0.387. The minimum absolute atomic E-state index is 0.0375. The number of sulfonamides is 1. The third kappa shape index (κ3) is 3.40. The number of halogens is 1. The first kappa shape index (κ1) is 15.5. The Hall–Kier alpha value is -1.91. The lowest BCUT2D eigenvalue weighted by Gasteiger charge is -2.07. The summed E-state index contributed by atoms with van der Waals surface area (Å²) in [5.41, 5.74) is -0.983. The van der Waals surface area contributed by atoms with Crippen molar-refractivity contribution in [1.82, 2.24) is 9.71 Å². The fraction of sp³-hybridized carbons (Fsp3) is 0.182. The summed E-state index contributed by atoms with van der Waals surface area (Å²) in [4.78, 5) is 13.3. The van der Waals surface area contributed by atoms with E-state index in [9.17, 15) is 22.9 Å². The van der Waals surface area contributed by atoms with Crippen LogP contribution in [0.5, 0.6) is 0 Å². The molecule has 0 aliphatic carbocycles. The SMILES string of the molecule is Cc1cc(S(=O)(=O)NCc2nccs2)cc([N+](=O)[O-])c1F. The van der Waals surface area contributed by atoms with Gasteiger partial charge in [-0.25, -0.2) is 18.1 Å². The Morgan fingerprint density at radius 1 is 1.48 bits per heavy atom. The number of hydrogen-bond donors (Lipinski definition) is 1. The van der Waals surface area contributed by atoms with Gasteiger partial charge in [-0.05, 0) is 18.6 Å². The highest BCUT2D eigenvalue weighted by atomic mass is 32.2. The lowest BCUT2D eigenvalue weighted by Crippen LogP contribution is -2.23. The molecule has 0 spiro atoms. The molecular formula is C11H10FN3O4S2. The van der Waals surface area contributed by atoms with E-state index >= 15 is 0 Å². The number of aromatic nitrogens is 1. The molecular weight excluding hydrogens is 321 g/mol. The number of thiazole rings is 1. The van der Waals surface area contributed by atoms with Crippen LogP contribution in [-0.2, 0) is 16.6 Å². The molecule has 21 heavy (non-hydrogen) atoms. The van der Waals surface area contributed by atoms with E-state index in [0.29, 0.717) is 11.1 Å². The Bertz CT molecular complexity index is 775. The van der Waals surface area contributed by atoms with Gasteiger partial charge in [-0.15, -0.1) is 11.3 Å². The van der Waals surface area contributed by atoms with E-state index in [0.717, 1.165) is 6.07 Å². The van der Waals surface area contributed by atoms with Crippen LogP contribution in [0.25, 0.3) is 0 Å². The third-order valence-corrected chi connectivity index (χ3v) is 4.77. The van der Waals surface area contributed by atoms with Crippen LogP contribution in [0, 0.1) is 22.9 Å². The molecule has 0 bridgehead atoms. The Kier molecular flexibility index (Phi) is 4.30. The van der Waals surface area contributed by atoms with Crippen LogP contribution in [0.3, 0.4) is 0 Å². The number of nitro benzene ring substituents is 1. The van der Waals surface area contributed by atoms with Gasteiger partial charge in [0.2, 0.25) is 15.8 Å². The van der Waals surface area contributed by atoms with Crippen molar-refractivity contribution >= 4 is 27.0 Å². The molecule has 2 aromatic rings. The average molecular weight is 331 g/mol. The molecule has 10 heteroatoms. The highest BCUT2D eigenvalue weighted by molar-refractivity contribution is 7.89. The number of nitro groups is 1. The molecule has 0 aliphatic heterocycles. The van der Waals surface area contributed by atoms with Gasteiger partial charge in [0.25, 0.3) is 0 Å². The second kappa shape index (κ2) is 5.84. The van der Waals surface area contributed by atoms with E-state index in [-0.39, 0.29) is 17.0 Å². The molecule has 1 N–H and O–H groups in total. The number of rotatable bonds is 5. The maximum Gasteiger partial charge on any atom is 0.306 e. The smallest absolute Gasteiger partial charge is 0.258 e. The van der Waals surface area contributed by atoms with Gasteiger partial charge >= 0.3 is 5.69 Å². The zero-order chi connectivity index (χ0) is 15.6. The first-order valence-electron chi connectivity index (χ1n) is 5.64. The average Bonchev–Trinajstić information content (AvgIpc) is 2.92. The van der Waals surface area contributed by atoms with Crippen molar-refractivity contribution in [3.63, 3.8) is 0 Å². The Morgan fingerprint density at radius 2 is 2.19 bits per heavy atom. The Balaban J connectivity index is 2.33. The van der Waals surface area contributed by atoms with Gasteiger partial charge in [0.05, 0.1) is 16.4 Å². The van der Waals surface area contributed by atoms with E-state index in [2.05, 4.69) is 9.71 Å². The van der Waals surface area contributed by atoms with E-state index in [1.165, 1.54) is 24.5 Å². The topological polar surface area (TPSA) is 102 Å². The van der Waals surface area contributed by atoms with Crippen LogP contribution >= 0.6 is 11.3 Å². The van der Waals surface area contributed by atoms with Gasteiger partial charge in [0, 0.05) is 17.6 Å². The maximum atomic E-state index is 13.6. The van der Waals surface area contributed by atoms with Crippen molar-refractivity contribution in [2.24, 2.45) is 0 Å². The van der Waals surface area contributed by atoms with Crippen molar-refractivity contribution in [2.45, 2.75) is 18.4 Å². The van der Waals surface area contributed by atoms with Crippen LogP contribution in [-0.4, -0.2) is 18.3 Å². The van der Waals surface area contributed by atoms with E-state index in [1.54, 1.807) is 5.38 Å². The number of nitrogens with zero attached hydrogens (tertiary/aromatic N) is 2. The number of aryl methyl sites for hydroxylation is 1. The summed E-state index contributed by atoms with van der Waals surface area (Å²) in [6.07, 6.45) is 1.53. The highest BCUT2D eigenvalue weighted by Crippen LogP contribution is 2.25. The van der Waals surface area contributed by atoms with E-state index < -0.39 is 26.5 Å². The lowest BCUT2D eigenvalue weighted by atomic mass is 10.2. The minimum atomic E-state index is -3.99. The fourth-order valence-electron chi connectivity index (χ4n) is 1.59. The molecule has 0 aliphatic rings. The van der Waals surface area contributed by atoms with Crippen molar-refractivity contribution < 1.29 is 17.7 Å². The molecule has 0 saturated carbocycles. The Labute approximate surface area is 123 Å². The van der Waals surface area contributed by atoms with E-state index in [4.69, 9.17) is 0 Å². The predicted octanol–water partition coefficient (Wildman–Crippen LogP) is 1.98. The third-order valence-electron chi connectivity index (χ3n) is 2.61. The molecule has 0 radical (unpaired) electrons. The fourth-order valence-corrected chi connectivity index (χ4v) is 3.33. The maximum absolute atomic E-state index is 13.6. The predicted molar refractivity (Wildman–Crippen MR) is 73.9 cm³/mol. The summed E-state index contributed by atoms with van der Waals surface area (Å²) in [5.74, 6) is -1.04. The molecule has 0 atom stereocenters. The number of nitrogens with one attached hydrogen (secondary N) is 1. The molecule has 0 unspecified atom stereocenters. The second-order valence-electron chi connectivity index (χ2n) is 4.08. The van der Waals surface area contributed by atoms with Crippen LogP contribution in [0.4, 0.5) is 10.1 Å². The molecule has 1 aromatic heterocycles. The zero-order valence-corrected chi connectivity index (χ0v) is 12.4. The quantitative estimate of drug-likeness (QED) is 0.666. The first-order valence-corrected chi connectivity index (χ1v) is 8.00. The molecule has 1 heterocycles. The normalized spacial score (nSPS) is 11.5. The van der Waals surface area contributed by atoms with Gasteiger partial charge in [-0.2, -0.15) is 4.39 Å². The molecule has 1 aromatic carbocycles. The summed E-state index contributed by atoms with van der Waals surface area (Å²) in [6.45, 7) is 1.23. The zero-order valence-electron chi connectivity index (χ0n) is 10.7. The summed E-state index contributed by atoms with van der Waals surface area (Å²) in [6, 6.07) is 1.75. The van der Waals surface area contributed by atoms with Crippen molar-refractivity contribution in [3.8, 4) is 0 Å². The first-order chi connectivity index (χ1) is 9.81. The van der Waals surface area contributed by atoms with Crippen LogP contribution in [0.15, 0.2) is 28.6 Å². The molecule has 112 valence electrons. The van der Waals surface area contributed by atoms with Crippen LogP contribution in [0.1, 0.15) is 10.6 Å². The number of benzene rings is 1. The van der Waals surface area contributed by atoms with Crippen molar-refractivity contribution in [2.75, 3.05) is 0 Å². The highest BCUT2D eigenvalue weighted by Gasteiger charge is 2.23. The summed E-state index contributed by atoms with van der Waals surface area (Å²) in [5, 5.41) is 13.0. The van der Waals surface area contributed by atoms with Crippen LogP contribution in [0.2, 0.25) is 0 Å². The van der Waals surface area contributed by atoms with Crippen molar-refractivity contribution in [3.05, 3.63) is 50.2 Å². The standard InChI is InChI=1S/C11H10FN3O4S2/c1-7-4-8(5-9(11(7)12)15(16)17)21(18,19)14-6-10-13-2-3-20-10/h2-5,14H,6H2,1H3. The summed E-state index contributed by atoms with van der Waals surface area (Å²) < 4.78 is 40.0. The van der Waals surface area contributed by atoms with Crippen molar-refractivity contribution in [1.29, 1.82) is 0 Å². The van der Waals surface area contributed by atoms with Gasteiger partial charge < -0.3 is 0 Å². The second-order valence-corrected chi connectivity index (χ2v) is 6.83. The van der Waals surface area contributed by atoms with Crippen LogP contribution < -0.4 is 4.72 Å². The molecule has 0 amide bonds. The number of hydrogen-bond acceptors (Lipinski definition) is 6. The molecule has 7 nitrogen and oxygen atoms in total. The molecule has 2 rings (SSSR count). The van der Waals surface area contributed by atoms with Gasteiger partial charge in [0.15, 0.2) is 0 Å². The Morgan fingerprint density at radius 3 is 2.76 bits per heavy atom. The summed E-state index contributed by atoms with van der Waals surface area (Å²) >= 11 is 1.27. The molecule has 0 saturated heterocycles. The van der Waals surface area contributed by atoms with E-state index in [1.807, 2.05) is 0 Å². The van der Waals surface area contributed by atoms with Gasteiger partial charge in [-0.1, -0.05) is 0 Å². The van der Waals surface area contributed by atoms with Gasteiger partial charge in [0.1, 0.15) is 5.01 Å². The largest absolute Gasteiger partial charge is 0.306 e.